The molecule has 0 aromatic carbocycles. The van der Waals surface area contributed by atoms with Gasteiger partial charge in [-0.2, -0.15) is 11.8 Å². The zero-order chi connectivity index (χ0) is 14.3. The summed E-state index contributed by atoms with van der Waals surface area (Å²) in [4.78, 5) is 24.8. The minimum atomic E-state index is -0.881. The van der Waals surface area contributed by atoms with E-state index in [4.69, 9.17) is 4.74 Å². The van der Waals surface area contributed by atoms with Gasteiger partial charge in [0.05, 0.1) is 5.41 Å². The third kappa shape index (κ3) is 4.58. The van der Waals surface area contributed by atoms with Gasteiger partial charge in [-0.25, -0.2) is 4.79 Å². The molecule has 1 aliphatic rings. The molecule has 0 aliphatic carbocycles. The maximum atomic E-state index is 11.8. The van der Waals surface area contributed by atoms with E-state index in [9.17, 15) is 14.7 Å². The first-order valence-electron chi connectivity index (χ1n) is 6.31. The standard InChI is InChI=1S/C12H22N2O4S/c1-14(5-8-19-2)11(17)13-9-12(10(15)16)3-6-18-7-4-12/h3-9H2,1-2H3,(H,13,17)(H,15,16). The van der Waals surface area contributed by atoms with Crippen LogP contribution in [-0.4, -0.2) is 67.4 Å². The fourth-order valence-corrected chi connectivity index (χ4v) is 2.39. The number of aliphatic carboxylic acids is 1. The highest BCUT2D eigenvalue weighted by atomic mass is 32.2. The van der Waals surface area contributed by atoms with Crippen molar-refractivity contribution in [3.05, 3.63) is 0 Å². The summed E-state index contributed by atoms with van der Waals surface area (Å²) in [5.74, 6) is 0.00447. The summed E-state index contributed by atoms with van der Waals surface area (Å²) >= 11 is 1.67. The third-order valence-corrected chi connectivity index (χ3v) is 4.05. The van der Waals surface area contributed by atoms with Gasteiger partial charge >= 0.3 is 12.0 Å². The first kappa shape index (κ1) is 16.1. The summed E-state index contributed by atoms with van der Waals surface area (Å²) in [6.07, 6.45) is 2.86. The molecule has 0 unspecified atom stereocenters. The van der Waals surface area contributed by atoms with Crippen LogP contribution in [0.1, 0.15) is 12.8 Å². The van der Waals surface area contributed by atoms with Crippen molar-refractivity contribution in [2.75, 3.05) is 45.4 Å². The van der Waals surface area contributed by atoms with Gasteiger partial charge in [0.1, 0.15) is 0 Å². The number of carbonyl (C=O) groups excluding carboxylic acids is 1. The average molecular weight is 290 g/mol. The number of thioether (sulfide) groups is 1. The van der Waals surface area contributed by atoms with E-state index < -0.39 is 11.4 Å². The molecule has 1 rings (SSSR count). The summed E-state index contributed by atoms with van der Waals surface area (Å²) in [7, 11) is 1.71. The summed E-state index contributed by atoms with van der Waals surface area (Å²) < 4.78 is 5.19. The molecule has 1 saturated heterocycles. The van der Waals surface area contributed by atoms with Crippen LogP contribution in [0, 0.1) is 5.41 Å². The molecule has 19 heavy (non-hydrogen) atoms. The van der Waals surface area contributed by atoms with Crippen LogP contribution in [0.3, 0.4) is 0 Å². The van der Waals surface area contributed by atoms with Gasteiger partial charge in [-0.15, -0.1) is 0 Å². The topological polar surface area (TPSA) is 78.9 Å². The lowest BCUT2D eigenvalue weighted by molar-refractivity contribution is -0.154. The largest absolute Gasteiger partial charge is 0.481 e. The van der Waals surface area contributed by atoms with Crippen LogP contribution in [0.2, 0.25) is 0 Å². The number of ether oxygens (including phenoxy) is 1. The number of rotatable bonds is 6. The molecule has 0 bridgehead atoms. The van der Waals surface area contributed by atoms with Crippen molar-refractivity contribution in [2.24, 2.45) is 5.41 Å². The van der Waals surface area contributed by atoms with E-state index in [1.54, 1.807) is 23.7 Å². The highest BCUT2D eigenvalue weighted by molar-refractivity contribution is 7.98. The van der Waals surface area contributed by atoms with Gasteiger partial charge in [0.25, 0.3) is 0 Å². The van der Waals surface area contributed by atoms with Crippen LogP contribution in [0.15, 0.2) is 0 Å². The number of carbonyl (C=O) groups is 2. The molecule has 0 spiro atoms. The highest BCUT2D eigenvalue weighted by Gasteiger charge is 2.40. The predicted molar refractivity (Wildman–Crippen MR) is 74.5 cm³/mol. The molecule has 1 fully saturated rings. The molecular formula is C12H22N2O4S. The Hall–Kier alpha value is -0.950. The fourth-order valence-electron chi connectivity index (χ4n) is 1.94. The molecule has 1 aliphatic heterocycles. The number of hydrogen-bond acceptors (Lipinski definition) is 4. The second-order valence-electron chi connectivity index (χ2n) is 4.77. The Morgan fingerprint density at radius 2 is 2.05 bits per heavy atom. The van der Waals surface area contributed by atoms with Crippen molar-refractivity contribution in [2.45, 2.75) is 12.8 Å². The lowest BCUT2D eigenvalue weighted by atomic mass is 9.80. The van der Waals surface area contributed by atoms with Crippen LogP contribution in [0.25, 0.3) is 0 Å². The first-order chi connectivity index (χ1) is 9.02. The molecule has 0 aromatic heterocycles. The van der Waals surface area contributed by atoms with Gasteiger partial charge in [0, 0.05) is 39.1 Å². The van der Waals surface area contributed by atoms with E-state index in [0.29, 0.717) is 32.6 Å². The summed E-state index contributed by atoms with van der Waals surface area (Å²) in [6, 6.07) is -0.221. The Morgan fingerprint density at radius 1 is 1.42 bits per heavy atom. The number of urea groups is 1. The van der Waals surface area contributed by atoms with Gasteiger partial charge in [-0.05, 0) is 19.1 Å². The van der Waals surface area contributed by atoms with Gasteiger partial charge in [-0.3, -0.25) is 4.79 Å². The average Bonchev–Trinajstić information content (AvgIpc) is 2.42. The van der Waals surface area contributed by atoms with E-state index >= 15 is 0 Å². The SMILES string of the molecule is CSCCN(C)C(=O)NCC1(C(=O)O)CCOCC1. The zero-order valence-electron chi connectivity index (χ0n) is 11.5. The van der Waals surface area contributed by atoms with Crippen LogP contribution in [0.5, 0.6) is 0 Å². The molecule has 1 heterocycles. The molecule has 7 heteroatoms. The molecule has 2 amide bonds. The molecule has 0 atom stereocenters. The quantitative estimate of drug-likeness (QED) is 0.759. The van der Waals surface area contributed by atoms with Crippen molar-refractivity contribution in [1.29, 1.82) is 0 Å². The fraction of sp³-hybridized carbons (Fsp3) is 0.833. The van der Waals surface area contributed by atoms with E-state index in [2.05, 4.69) is 5.32 Å². The predicted octanol–water partition coefficient (Wildman–Crippen LogP) is 0.872. The monoisotopic (exact) mass is 290 g/mol. The van der Waals surface area contributed by atoms with Gasteiger partial charge in [-0.1, -0.05) is 0 Å². The molecule has 110 valence electrons. The summed E-state index contributed by atoms with van der Waals surface area (Å²) in [5.41, 5.74) is -0.881. The summed E-state index contributed by atoms with van der Waals surface area (Å²) in [6.45, 7) is 1.68. The first-order valence-corrected chi connectivity index (χ1v) is 7.70. The Morgan fingerprint density at radius 3 is 2.58 bits per heavy atom. The molecule has 0 saturated carbocycles. The summed E-state index contributed by atoms with van der Waals surface area (Å²) in [5, 5.41) is 12.1. The second kappa shape index (κ2) is 7.59. The molecule has 0 radical (unpaired) electrons. The smallest absolute Gasteiger partial charge is 0.317 e. The van der Waals surface area contributed by atoms with E-state index in [1.807, 2.05) is 6.26 Å². The van der Waals surface area contributed by atoms with Crippen molar-refractivity contribution in [1.82, 2.24) is 10.2 Å². The Bertz CT molecular complexity index is 319. The Labute approximate surface area is 117 Å². The number of carboxylic acids is 1. The second-order valence-corrected chi connectivity index (χ2v) is 5.76. The molecule has 6 nitrogen and oxygen atoms in total. The minimum Gasteiger partial charge on any atom is -0.481 e. The lowest BCUT2D eigenvalue weighted by Gasteiger charge is -2.33. The number of carboxylic acid groups (broad SMARTS) is 1. The van der Waals surface area contributed by atoms with Crippen LogP contribution in [0.4, 0.5) is 4.79 Å². The van der Waals surface area contributed by atoms with E-state index in [-0.39, 0.29) is 12.6 Å². The van der Waals surface area contributed by atoms with Crippen LogP contribution in [-0.2, 0) is 9.53 Å². The van der Waals surface area contributed by atoms with Gasteiger partial charge in [0.2, 0.25) is 0 Å². The Kier molecular flexibility index (Phi) is 6.44. The lowest BCUT2D eigenvalue weighted by Crippen LogP contribution is -2.49. The van der Waals surface area contributed by atoms with Crippen LogP contribution < -0.4 is 5.32 Å². The van der Waals surface area contributed by atoms with E-state index in [1.165, 1.54) is 0 Å². The maximum Gasteiger partial charge on any atom is 0.317 e. The number of nitrogens with zero attached hydrogens (tertiary/aromatic N) is 1. The number of hydrogen-bond donors (Lipinski definition) is 2. The zero-order valence-corrected chi connectivity index (χ0v) is 12.3. The number of nitrogens with one attached hydrogen (secondary N) is 1. The van der Waals surface area contributed by atoms with Crippen molar-refractivity contribution < 1.29 is 19.4 Å². The number of amides is 2. The maximum absolute atomic E-state index is 11.8. The normalized spacial score (nSPS) is 17.8. The highest BCUT2D eigenvalue weighted by Crippen LogP contribution is 2.30. The molecule has 2 N–H and O–H groups in total. The van der Waals surface area contributed by atoms with Crippen molar-refractivity contribution in [3.63, 3.8) is 0 Å². The van der Waals surface area contributed by atoms with E-state index in [0.717, 1.165) is 5.75 Å². The van der Waals surface area contributed by atoms with Crippen molar-refractivity contribution in [3.8, 4) is 0 Å². The molecular weight excluding hydrogens is 268 g/mol. The van der Waals surface area contributed by atoms with Gasteiger partial charge < -0.3 is 20.1 Å². The Balaban J connectivity index is 2.48. The molecule has 0 aromatic rings. The van der Waals surface area contributed by atoms with Crippen molar-refractivity contribution >= 4 is 23.8 Å². The third-order valence-electron chi connectivity index (χ3n) is 3.46. The van der Waals surface area contributed by atoms with Gasteiger partial charge in [0.15, 0.2) is 0 Å². The minimum absolute atomic E-state index is 0.161. The van der Waals surface area contributed by atoms with Crippen LogP contribution >= 0.6 is 11.8 Å².